The van der Waals surface area contributed by atoms with E-state index < -0.39 is 0 Å². The number of nitrogens with one attached hydrogen (secondary N) is 1. The molecule has 0 fully saturated rings. The summed E-state index contributed by atoms with van der Waals surface area (Å²) in [6.07, 6.45) is 0. The van der Waals surface area contributed by atoms with Crippen LogP contribution in [0.5, 0.6) is 5.75 Å². The maximum absolute atomic E-state index is 11.7. The van der Waals surface area contributed by atoms with Crippen LogP contribution in [-0.4, -0.2) is 23.3 Å². The minimum atomic E-state index is 0.00648. The standard InChI is InChI=1S/C21H20N2O4/c1-14(24)15-4-3-5-16(12-15)20-13-18(8-11-21(20)27-2)22-17-6-9-19(10-7-17)23(25)26/h3-13,22,25-26H,1-2H3. The summed E-state index contributed by atoms with van der Waals surface area (Å²) >= 11 is 0. The highest BCUT2D eigenvalue weighted by atomic mass is 16.8. The molecule has 138 valence electrons. The minimum Gasteiger partial charge on any atom is -0.496 e. The van der Waals surface area contributed by atoms with Gasteiger partial charge in [-0.1, -0.05) is 18.2 Å². The lowest BCUT2D eigenvalue weighted by molar-refractivity contribution is 0.0291. The Balaban J connectivity index is 1.94. The molecule has 0 aliphatic carbocycles. The van der Waals surface area contributed by atoms with Gasteiger partial charge in [-0.15, -0.1) is 5.23 Å². The highest BCUT2D eigenvalue weighted by molar-refractivity contribution is 5.95. The van der Waals surface area contributed by atoms with Gasteiger partial charge in [-0.05, 0) is 61.0 Å². The van der Waals surface area contributed by atoms with Gasteiger partial charge in [0.25, 0.3) is 0 Å². The van der Waals surface area contributed by atoms with Gasteiger partial charge in [-0.3, -0.25) is 15.2 Å². The van der Waals surface area contributed by atoms with E-state index in [1.807, 2.05) is 36.4 Å². The van der Waals surface area contributed by atoms with E-state index in [4.69, 9.17) is 15.2 Å². The Bertz CT molecular complexity index is 953. The molecule has 6 nitrogen and oxygen atoms in total. The van der Waals surface area contributed by atoms with E-state index >= 15 is 0 Å². The minimum absolute atomic E-state index is 0.00648. The molecule has 0 radical (unpaired) electrons. The maximum Gasteiger partial charge on any atom is 0.159 e. The number of carbonyl (C=O) groups excluding carboxylic acids is 1. The van der Waals surface area contributed by atoms with Crippen LogP contribution in [0.4, 0.5) is 17.1 Å². The third-order valence-electron chi connectivity index (χ3n) is 4.17. The number of hydrogen-bond donors (Lipinski definition) is 3. The summed E-state index contributed by atoms with van der Waals surface area (Å²) in [6, 6.07) is 19.7. The molecule has 0 bridgehead atoms. The van der Waals surface area contributed by atoms with E-state index in [9.17, 15) is 4.79 Å². The lowest BCUT2D eigenvalue weighted by Gasteiger charge is -2.14. The first-order chi connectivity index (χ1) is 13.0. The van der Waals surface area contributed by atoms with Gasteiger partial charge < -0.3 is 10.1 Å². The molecule has 6 heteroatoms. The average Bonchev–Trinajstić information content (AvgIpc) is 2.68. The summed E-state index contributed by atoms with van der Waals surface area (Å²) in [6.45, 7) is 1.54. The first kappa shape index (κ1) is 18.4. The molecule has 0 aliphatic rings. The third kappa shape index (κ3) is 4.25. The Morgan fingerprint density at radius 3 is 2.30 bits per heavy atom. The van der Waals surface area contributed by atoms with Crippen molar-refractivity contribution >= 4 is 22.8 Å². The molecule has 0 amide bonds. The summed E-state index contributed by atoms with van der Waals surface area (Å²) in [7, 11) is 1.61. The molecule has 0 spiro atoms. The summed E-state index contributed by atoms with van der Waals surface area (Å²) < 4.78 is 5.47. The molecular weight excluding hydrogens is 344 g/mol. The zero-order valence-electron chi connectivity index (χ0n) is 15.0. The second-order valence-electron chi connectivity index (χ2n) is 6.01. The lowest BCUT2D eigenvalue weighted by atomic mass is 10.00. The van der Waals surface area contributed by atoms with Crippen LogP contribution in [0.3, 0.4) is 0 Å². The fourth-order valence-electron chi connectivity index (χ4n) is 2.76. The predicted molar refractivity (Wildman–Crippen MR) is 104 cm³/mol. The normalized spacial score (nSPS) is 10.4. The molecule has 3 aromatic carbocycles. The first-order valence-corrected chi connectivity index (χ1v) is 8.32. The Kier molecular flexibility index (Phi) is 5.40. The number of ether oxygens (including phenoxy) is 1. The number of carbonyl (C=O) groups is 1. The van der Waals surface area contributed by atoms with Crippen molar-refractivity contribution < 1.29 is 19.9 Å². The topological polar surface area (TPSA) is 82.0 Å². The molecule has 0 unspecified atom stereocenters. The van der Waals surface area contributed by atoms with E-state index in [0.717, 1.165) is 22.5 Å². The van der Waals surface area contributed by atoms with Crippen LogP contribution >= 0.6 is 0 Å². The van der Waals surface area contributed by atoms with Gasteiger partial charge in [-0.25, -0.2) is 0 Å². The predicted octanol–water partition coefficient (Wildman–Crippen LogP) is 4.89. The molecular formula is C21H20N2O4. The fourth-order valence-corrected chi connectivity index (χ4v) is 2.76. The molecule has 0 aromatic heterocycles. The maximum atomic E-state index is 11.7. The number of ketones is 1. The Labute approximate surface area is 157 Å². The monoisotopic (exact) mass is 364 g/mol. The van der Waals surface area contributed by atoms with Gasteiger partial charge in [0.15, 0.2) is 5.78 Å². The van der Waals surface area contributed by atoms with E-state index in [1.54, 1.807) is 37.4 Å². The summed E-state index contributed by atoms with van der Waals surface area (Å²) in [5.41, 5.74) is 4.26. The summed E-state index contributed by atoms with van der Waals surface area (Å²) in [4.78, 5) is 11.7. The number of hydrogen-bond acceptors (Lipinski definition) is 6. The van der Waals surface area contributed by atoms with E-state index in [1.165, 1.54) is 6.92 Å². The van der Waals surface area contributed by atoms with E-state index in [2.05, 4.69) is 5.32 Å². The SMILES string of the molecule is COc1ccc(Nc2ccc(N(O)O)cc2)cc1-c1cccc(C(C)=O)c1. The van der Waals surface area contributed by atoms with Crippen molar-refractivity contribution in [1.29, 1.82) is 0 Å². The highest BCUT2D eigenvalue weighted by Crippen LogP contribution is 2.34. The van der Waals surface area contributed by atoms with Gasteiger partial charge in [-0.2, -0.15) is 0 Å². The lowest BCUT2D eigenvalue weighted by Crippen LogP contribution is -2.10. The molecule has 0 heterocycles. The molecule has 0 aliphatic heterocycles. The quantitative estimate of drug-likeness (QED) is 0.427. The summed E-state index contributed by atoms with van der Waals surface area (Å²) in [5, 5.41) is 21.4. The molecule has 0 saturated heterocycles. The average molecular weight is 364 g/mol. The van der Waals surface area contributed by atoms with Crippen LogP contribution in [-0.2, 0) is 0 Å². The van der Waals surface area contributed by atoms with Crippen LogP contribution in [0.1, 0.15) is 17.3 Å². The highest BCUT2D eigenvalue weighted by Gasteiger charge is 2.10. The van der Waals surface area contributed by atoms with E-state index in [-0.39, 0.29) is 16.7 Å². The molecule has 3 rings (SSSR count). The zero-order chi connectivity index (χ0) is 19.4. The van der Waals surface area contributed by atoms with Crippen molar-refractivity contribution in [1.82, 2.24) is 0 Å². The largest absolute Gasteiger partial charge is 0.496 e. The number of nitrogens with zero attached hydrogens (tertiary/aromatic N) is 1. The number of rotatable bonds is 6. The zero-order valence-corrected chi connectivity index (χ0v) is 15.0. The van der Waals surface area contributed by atoms with Crippen molar-refractivity contribution in [3.05, 3.63) is 72.3 Å². The van der Waals surface area contributed by atoms with Gasteiger partial charge in [0, 0.05) is 22.5 Å². The second-order valence-corrected chi connectivity index (χ2v) is 6.01. The van der Waals surface area contributed by atoms with Crippen LogP contribution in [0.2, 0.25) is 0 Å². The second kappa shape index (κ2) is 7.90. The van der Waals surface area contributed by atoms with Crippen molar-refractivity contribution in [2.75, 3.05) is 17.7 Å². The van der Waals surface area contributed by atoms with Crippen LogP contribution in [0.15, 0.2) is 66.7 Å². The van der Waals surface area contributed by atoms with Gasteiger partial charge >= 0.3 is 0 Å². The van der Waals surface area contributed by atoms with Crippen molar-refractivity contribution in [2.45, 2.75) is 6.92 Å². The number of anilines is 3. The molecule has 0 saturated carbocycles. The number of Topliss-reactive ketones (excluding diaryl/α,β-unsaturated/α-hetero) is 1. The van der Waals surface area contributed by atoms with Crippen molar-refractivity contribution in [3.63, 3.8) is 0 Å². The fraction of sp³-hybridized carbons (Fsp3) is 0.0952. The van der Waals surface area contributed by atoms with Gasteiger partial charge in [0.2, 0.25) is 0 Å². The van der Waals surface area contributed by atoms with Crippen LogP contribution < -0.4 is 15.3 Å². The molecule has 3 N–H and O–H groups in total. The molecule has 0 atom stereocenters. The Morgan fingerprint density at radius 1 is 0.963 bits per heavy atom. The summed E-state index contributed by atoms with van der Waals surface area (Å²) in [5.74, 6) is 0.708. The molecule has 3 aromatic rings. The Hall–Kier alpha value is -3.35. The van der Waals surface area contributed by atoms with Gasteiger partial charge in [0.1, 0.15) is 5.75 Å². The molecule has 27 heavy (non-hydrogen) atoms. The van der Waals surface area contributed by atoms with Crippen LogP contribution in [0.25, 0.3) is 11.1 Å². The number of benzene rings is 3. The third-order valence-corrected chi connectivity index (χ3v) is 4.17. The van der Waals surface area contributed by atoms with Crippen LogP contribution in [0, 0.1) is 0 Å². The number of methoxy groups -OCH3 is 1. The Morgan fingerprint density at radius 2 is 1.67 bits per heavy atom. The van der Waals surface area contributed by atoms with Crippen molar-refractivity contribution in [2.24, 2.45) is 0 Å². The first-order valence-electron chi connectivity index (χ1n) is 8.32. The van der Waals surface area contributed by atoms with E-state index in [0.29, 0.717) is 11.3 Å². The van der Waals surface area contributed by atoms with Crippen molar-refractivity contribution in [3.8, 4) is 16.9 Å². The van der Waals surface area contributed by atoms with Gasteiger partial charge in [0.05, 0.1) is 12.8 Å². The smallest absolute Gasteiger partial charge is 0.159 e.